The summed E-state index contributed by atoms with van der Waals surface area (Å²) in [6.07, 6.45) is 0. The van der Waals surface area contributed by atoms with Crippen molar-refractivity contribution in [1.29, 1.82) is 0 Å². The summed E-state index contributed by atoms with van der Waals surface area (Å²) in [4.78, 5) is 7.09. The average Bonchev–Trinajstić information content (AvgIpc) is 2.84. The number of nitrogen functional groups attached to an aromatic ring is 1. The van der Waals surface area contributed by atoms with E-state index < -0.39 is 0 Å². The largest absolute Gasteiger partial charge is 0.398 e. The molecule has 0 fully saturated rings. The van der Waals surface area contributed by atoms with E-state index >= 15 is 0 Å². The summed E-state index contributed by atoms with van der Waals surface area (Å²) in [5.41, 5.74) is 16.5. The lowest BCUT2D eigenvalue weighted by atomic mass is 10.1. The maximum Gasteiger partial charge on any atom is 0.239 e. The number of azo groups is 1. The molecule has 0 spiro atoms. The summed E-state index contributed by atoms with van der Waals surface area (Å²) in [6.45, 7) is 4.05. The van der Waals surface area contributed by atoms with Crippen LogP contribution in [0.15, 0.2) is 89.1 Å². The molecule has 0 aliphatic rings. The Bertz CT molecular complexity index is 1540. The minimum Gasteiger partial charge on any atom is -0.398 e. The second-order valence-corrected chi connectivity index (χ2v) is 8.67. The van der Waals surface area contributed by atoms with Crippen LogP contribution in [0.4, 0.5) is 22.7 Å². The van der Waals surface area contributed by atoms with Gasteiger partial charge < -0.3 is 10.6 Å². The summed E-state index contributed by atoms with van der Waals surface area (Å²) >= 11 is 0. The lowest BCUT2D eigenvalue weighted by molar-refractivity contribution is -0.538. The summed E-state index contributed by atoms with van der Waals surface area (Å²) in [5, 5.41) is 9.03. The third kappa shape index (κ3) is 3.83. The molecule has 34 heavy (non-hydrogen) atoms. The fraction of sp³-hybridized carbons (Fsp3) is 0.143. The molecule has 0 unspecified atom stereocenters. The number of fused-ring (bicyclic) bond motifs is 2. The number of nitrogens with two attached hydrogens (primary N) is 1. The highest BCUT2D eigenvalue weighted by molar-refractivity contribution is 5.88. The maximum absolute atomic E-state index is 6.28. The minimum absolute atomic E-state index is 0.751. The fourth-order valence-corrected chi connectivity index (χ4v) is 4.11. The van der Waals surface area contributed by atoms with Crippen molar-refractivity contribution in [2.45, 2.75) is 13.8 Å². The molecule has 0 saturated carbocycles. The summed E-state index contributed by atoms with van der Waals surface area (Å²) < 4.78 is 2.21. The summed E-state index contributed by atoms with van der Waals surface area (Å²) in [5.74, 6) is 0. The van der Waals surface area contributed by atoms with Crippen LogP contribution >= 0.6 is 0 Å². The van der Waals surface area contributed by atoms with Crippen LogP contribution in [0.1, 0.15) is 11.1 Å². The second-order valence-electron chi connectivity index (χ2n) is 8.67. The van der Waals surface area contributed by atoms with Gasteiger partial charge in [0.2, 0.25) is 16.7 Å². The van der Waals surface area contributed by atoms with Crippen LogP contribution in [0.3, 0.4) is 0 Å². The molecule has 0 aliphatic heterocycles. The number of hydrogen-bond donors (Lipinski definition) is 1. The van der Waals surface area contributed by atoms with Crippen LogP contribution in [0, 0.1) is 13.8 Å². The molecule has 168 valence electrons. The zero-order chi connectivity index (χ0) is 23.8. The SMILES string of the molecule is Cc1cc2nc3c(C)c(N=Nc4ccc(N(C)C)cc4)ccc3[n+](-c3ccccc3)c2cc1N. The normalized spacial score (nSPS) is 11.5. The first-order valence-corrected chi connectivity index (χ1v) is 11.2. The van der Waals surface area contributed by atoms with E-state index in [1.54, 1.807) is 0 Å². The van der Waals surface area contributed by atoms with Crippen LogP contribution in [0.25, 0.3) is 27.8 Å². The number of aryl methyl sites for hydroxylation is 2. The predicted molar refractivity (Wildman–Crippen MR) is 140 cm³/mol. The van der Waals surface area contributed by atoms with Gasteiger partial charge in [-0.15, -0.1) is 4.57 Å². The van der Waals surface area contributed by atoms with Gasteiger partial charge in [0.05, 0.1) is 11.4 Å². The van der Waals surface area contributed by atoms with E-state index in [2.05, 4.69) is 37.9 Å². The molecule has 6 nitrogen and oxygen atoms in total. The van der Waals surface area contributed by atoms with Crippen LogP contribution in [0.5, 0.6) is 0 Å². The number of hydrogen-bond acceptors (Lipinski definition) is 5. The van der Waals surface area contributed by atoms with Gasteiger partial charge in [0.15, 0.2) is 0 Å². The lowest BCUT2D eigenvalue weighted by Gasteiger charge is -2.11. The number of rotatable bonds is 4. The molecule has 0 amide bonds. The molecule has 5 rings (SSSR count). The van der Waals surface area contributed by atoms with Crippen LogP contribution in [0.2, 0.25) is 0 Å². The Morgan fingerprint density at radius 1 is 0.824 bits per heavy atom. The van der Waals surface area contributed by atoms with E-state index in [4.69, 9.17) is 10.7 Å². The molecule has 0 aliphatic carbocycles. The first-order valence-electron chi connectivity index (χ1n) is 11.2. The predicted octanol–water partition coefficient (Wildman–Crippen LogP) is 6.35. The van der Waals surface area contributed by atoms with E-state index in [-0.39, 0.29) is 0 Å². The summed E-state index contributed by atoms with van der Waals surface area (Å²) in [7, 11) is 4.03. The standard InChI is InChI=1S/C28H26N6/c1-18-16-25-27(17-23(18)29)34(22-8-6-5-7-9-22)26-15-14-24(19(2)28(26)30-25)32-31-20-10-12-21(13-11-20)33(3)4/h5-17,29H,1-4H3/p+1. The molecule has 1 aromatic heterocycles. The highest BCUT2D eigenvalue weighted by atomic mass is 15.1. The minimum atomic E-state index is 0.751. The number of para-hydroxylation sites is 1. The highest BCUT2D eigenvalue weighted by Crippen LogP contribution is 2.30. The number of nitrogens with zero attached hydrogens (tertiary/aromatic N) is 5. The maximum atomic E-state index is 6.28. The van der Waals surface area contributed by atoms with E-state index in [1.807, 2.05) is 88.6 Å². The molecule has 0 saturated heterocycles. The first kappa shape index (κ1) is 21.5. The quantitative estimate of drug-likeness (QED) is 0.151. The van der Waals surface area contributed by atoms with Gasteiger partial charge in [0, 0.05) is 55.3 Å². The van der Waals surface area contributed by atoms with Crippen molar-refractivity contribution in [1.82, 2.24) is 4.98 Å². The van der Waals surface area contributed by atoms with Crippen LogP contribution in [-0.4, -0.2) is 19.1 Å². The molecular weight excluding hydrogens is 420 g/mol. The topological polar surface area (TPSA) is 70.8 Å². The molecule has 6 heteroatoms. The van der Waals surface area contributed by atoms with E-state index in [0.717, 1.165) is 61.6 Å². The zero-order valence-corrected chi connectivity index (χ0v) is 19.8. The lowest BCUT2D eigenvalue weighted by Crippen LogP contribution is -2.33. The van der Waals surface area contributed by atoms with E-state index in [9.17, 15) is 0 Å². The van der Waals surface area contributed by atoms with Gasteiger partial charge in [0.1, 0.15) is 11.0 Å². The second kappa shape index (κ2) is 8.56. The number of benzene rings is 4. The molecule has 1 heterocycles. The molecule has 0 radical (unpaired) electrons. The molecule has 4 aromatic carbocycles. The van der Waals surface area contributed by atoms with Gasteiger partial charge in [-0.1, -0.05) is 18.2 Å². The Kier molecular flexibility index (Phi) is 5.42. The number of aromatic nitrogens is 2. The van der Waals surface area contributed by atoms with Crippen molar-refractivity contribution >= 4 is 44.8 Å². The molecular formula is C28H27N6+. The highest BCUT2D eigenvalue weighted by Gasteiger charge is 2.22. The Labute approximate surface area is 199 Å². The van der Waals surface area contributed by atoms with Gasteiger partial charge in [-0.3, -0.25) is 0 Å². The van der Waals surface area contributed by atoms with Crippen molar-refractivity contribution in [3.8, 4) is 5.69 Å². The van der Waals surface area contributed by atoms with E-state index in [1.165, 1.54) is 0 Å². The molecule has 0 atom stereocenters. The van der Waals surface area contributed by atoms with Crippen molar-refractivity contribution < 1.29 is 4.57 Å². The first-order chi connectivity index (χ1) is 16.4. The Morgan fingerprint density at radius 3 is 2.26 bits per heavy atom. The summed E-state index contributed by atoms with van der Waals surface area (Å²) in [6, 6.07) is 26.4. The van der Waals surface area contributed by atoms with Gasteiger partial charge in [-0.05, 0) is 55.8 Å². The van der Waals surface area contributed by atoms with Crippen LogP contribution in [-0.2, 0) is 0 Å². The molecule has 0 bridgehead atoms. The van der Waals surface area contributed by atoms with Gasteiger partial charge in [0.25, 0.3) is 0 Å². The molecule has 5 aromatic rings. The Hall–Kier alpha value is -4.32. The van der Waals surface area contributed by atoms with Crippen molar-refractivity contribution in [3.63, 3.8) is 0 Å². The average molecular weight is 448 g/mol. The van der Waals surface area contributed by atoms with Gasteiger partial charge >= 0.3 is 0 Å². The smallest absolute Gasteiger partial charge is 0.239 e. The zero-order valence-electron chi connectivity index (χ0n) is 19.8. The molecule has 2 N–H and O–H groups in total. The Balaban J connectivity index is 1.68. The van der Waals surface area contributed by atoms with Crippen LogP contribution < -0.4 is 15.2 Å². The van der Waals surface area contributed by atoms with Crippen molar-refractivity contribution in [2.24, 2.45) is 10.2 Å². The third-order valence-corrected chi connectivity index (χ3v) is 6.11. The van der Waals surface area contributed by atoms with Gasteiger partial charge in [-0.25, -0.2) is 4.98 Å². The van der Waals surface area contributed by atoms with E-state index in [0.29, 0.717) is 0 Å². The number of anilines is 2. The van der Waals surface area contributed by atoms with Crippen molar-refractivity contribution in [3.05, 3.63) is 90.0 Å². The van der Waals surface area contributed by atoms with Gasteiger partial charge in [-0.2, -0.15) is 10.2 Å². The fourth-order valence-electron chi connectivity index (χ4n) is 4.11. The monoisotopic (exact) mass is 447 g/mol. The van der Waals surface area contributed by atoms with Crippen molar-refractivity contribution in [2.75, 3.05) is 24.7 Å². The third-order valence-electron chi connectivity index (χ3n) is 6.11. The Morgan fingerprint density at radius 2 is 1.56 bits per heavy atom.